The summed E-state index contributed by atoms with van der Waals surface area (Å²) in [6.45, 7) is 7.08. The average molecular weight is 381 g/mol. The van der Waals surface area contributed by atoms with Crippen molar-refractivity contribution >= 4 is 5.91 Å². The summed E-state index contributed by atoms with van der Waals surface area (Å²) in [5.41, 5.74) is 2.50. The molecule has 1 atom stereocenters. The van der Waals surface area contributed by atoms with E-state index in [0.29, 0.717) is 6.61 Å². The molecule has 1 aliphatic heterocycles. The van der Waals surface area contributed by atoms with Gasteiger partial charge in [0.25, 0.3) is 5.91 Å². The first kappa shape index (κ1) is 20.6. The van der Waals surface area contributed by atoms with Gasteiger partial charge in [0.15, 0.2) is 0 Å². The van der Waals surface area contributed by atoms with E-state index in [4.69, 9.17) is 4.74 Å². The van der Waals surface area contributed by atoms with Crippen molar-refractivity contribution in [2.24, 2.45) is 0 Å². The summed E-state index contributed by atoms with van der Waals surface area (Å²) >= 11 is 0. The van der Waals surface area contributed by atoms with Crippen molar-refractivity contribution in [2.45, 2.75) is 38.9 Å². The molecule has 1 saturated heterocycles. The molecule has 4 nitrogen and oxygen atoms in total. The summed E-state index contributed by atoms with van der Waals surface area (Å²) < 4.78 is 5.82. The number of carbonyl (C=O) groups is 1. The van der Waals surface area contributed by atoms with Gasteiger partial charge in [0.05, 0.1) is 6.61 Å². The number of hydrogen-bond acceptors (Lipinski definition) is 3. The third-order valence-corrected chi connectivity index (χ3v) is 5.37. The quantitative estimate of drug-likeness (QED) is 0.699. The van der Waals surface area contributed by atoms with E-state index in [1.165, 1.54) is 5.56 Å². The van der Waals surface area contributed by atoms with Gasteiger partial charge in [0.2, 0.25) is 0 Å². The molecule has 0 aliphatic carbocycles. The van der Waals surface area contributed by atoms with Gasteiger partial charge in [-0.1, -0.05) is 60.7 Å². The van der Waals surface area contributed by atoms with Gasteiger partial charge in [0, 0.05) is 19.6 Å². The van der Waals surface area contributed by atoms with Crippen LogP contribution in [-0.2, 0) is 22.6 Å². The van der Waals surface area contributed by atoms with Crippen molar-refractivity contribution in [2.75, 3.05) is 32.7 Å². The van der Waals surface area contributed by atoms with Gasteiger partial charge in [-0.3, -0.25) is 4.79 Å². The van der Waals surface area contributed by atoms with Gasteiger partial charge < -0.3 is 14.5 Å². The zero-order chi connectivity index (χ0) is 19.6. The molecule has 1 fully saturated rings. The fourth-order valence-electron chi connectivity index (χ4n) is 3.69. The molecule has 0 bridgehead atoms. The number of hydrogen-bond donors (Lipinski definition) is 0. The highest BCUT2D eigenvalue weighted by Crippen LogP contribution is 2.10. The summed E-state index contributed by atoms with van der Waals surface area (Å²) in [5, 5.41) is 0. The fraction of sp³-hybridized carbons (Fsp3) is 0.458. The van der Waals surface area contributed by atoms with E-state index in [0.717, 1.165) is 57.5 Å². The van der Waals surface area contributed by atoms with Crippen LogP contribution in [0.25, 0.3) is 0 Å². The lowest BCUT2D eigenvalue weighted by molar-refractivity contribution is -0.143. The second kappa shape index (κ2) is 11.0. The number of benzene rings is 2. The van der Waals surface area contributed by atoms with Crippen LogP contribution in [0.15, 0.2) is 60.7 Å². The van der Waals surface area contributed by atoms with Crippen LogP contribution < -0.4 is 0 Å². The van der Waals surface area contributed by atoms with Crippen molar-refractivity contribution in [3.8, 4) is 0 Å². The number of ether oxygens (including phenoxy) is 1. The largest absolute Gasteiger partial charge is 0.364 e. The predicted molar refractivity (Wildman–Crippen MR) is 113 cm³/mol. The van der Waals surface area contributed by atoms with Gasteiger partial charge in [-0.05, 0) is 50.4 Å². The highest BCUT2D eigenvalue weighted by molar-refractivity contribution is 5.80. The lowest BCUT2D eigenvalue weighted by atomic mass is 10.1. The normalized spacial score (nSPS) is 16.5. The van der Waals surface area contributed by atoms with Gasteiger partial charge >= 0.3 is 0 Å². The molecular weight excluding hydrogens is 348 g/mol. The molecule has 1 heterocycles. The highest BCUT2D eigenvalue weighted by Gasteiger charge is 2.23. The van der Waals surface area contributed by atoms with Crippen LogP contribution in [-0.4, -0.2) is 54.5 Å². The Morgan fingerprint density at radius 2 is 1.61 bits per heavy atom. The number of aryl methyl sites for hydroxylation is 1. The minimum absolute atomic E-state index is 0.113. The van der Waals surface area contributed by atoms with E-state index in [-0.39, 0.29) is 5.91 Å². The van der Waals surface area contributed by atoms with Crippen molar-refractivity contribution < 1.29 is 9.53 Å². The standard InChI is InChI=1S/C24H32N2O2/c1-21(28-20-23-12-6-3-7-13-23)24(27)26-17-9-16-25(18-19-26)15-8-14-22-10-4-2-5-11-22/h2-7,10-13,21H,8-9,14-20H2,1H3. The van der Waals surface area contributed by atoms with Crippen LogP contribution in [0.1, 0.15) is 30.9 Å². The van der Waals surface area contributed by atoms with Crippen molar-refractivity contribution in [3.05, 3.63) is 71.8 Å². The van der Waals surface area contributed by atoms with E-state index in [1.54, 1.807) is 0 Å². The topological polar surface area (TPSA) is 32.8 Å². The van der Waals surface area contributed by atoms with Crippen LogP contribution in [0.3, 0.4) is 0 Å². The maximum atomic E-state index is 12.8. The lowest BCUT2D eigenvalue weighted by Gasteiger charge is -2.25. The summed E-state index contributed by atoms with van der Waals surface area (Å²) in [7, 11) is 0. The Hall–Kier alpha value is -2.17. The molecule has 0 spiro atoms. The van der Waals surface area contributed by atoms with Crippen molar-refractivity contribution in [1.82, 2.24) is 9.80 Å². The molecular formula is C24H32N2O2. The van der Waals surface area contributed by atoms with Gasteiger partial charge in [-0.15, -0.1) is 0 Å². The number of nitrogens with zero attached hydrogens (tertiary/aromatic N) is 2. The minimum Gasteiger partial charge on any atom is -0.364 e. The number of carbonyl (C=O) groups excluding carboxylic acids is 1. The van der Waals surface area contributed by atoms with E-state index >= 15 is 0 Å². The second-order valence-electron chi connectivity index (χ2n) is 7.55. The van der Waals surface area contributed by atoms with Crippen LogP contribution in [0, 0.1) is 0 Å². The Morgan fingerprint density at radius 1 is 0.929 bits per heavy atom. The molecule has 0 aromatic heterocycles. The Balaban J connectivity index is 1.39. The summed E-state index contributed by atoms with van der Waals surface area (Å²) in [6.07, 6.45) is 2.91. The van der Waals surface area contributed by atoms with E-state index in [2.05, 4.69) is 35.2 Å². The van der Waals surface area contributed by atoms with Gasteiger partial charge in [-0.25, -0.2) is 0 Å². The number of amides is 1. The van der Waals surface area contributed by atoms with E-state index in [1.807, 2.05) is 42.2 Å². The first-order chi connectivity index (χ1) is 13.7. The molecule has 28 heavy (non-hydrogen) atoms. The van der Waals surface area contributed by atoms with Crippen LogP contribution in [0.2, 0.25) is 0 Å². The molecule has 2 aromatic rings. The zero-order valence-electron chi connectivity index (χ0n) is 16.9. The Bertz CT molecular complexity index is 705. The summed E-state index contributed by atoms with van der Waals surface area (Å²) in [6, 6.07) is 20.7. The Morgan fingerprint density at radius 3 is 2.32 bits per heavy atom. The first-order valence-corrected chi connectivity index (χ1v) is 10.4. The third kappa shape index (κ3) is 6.47. The van der Waals surface area contributed by atoms with Crippen molar-refractivity contribution in [1.29, 1.82) is 0 Å². The molecule has 2 aromatic carbocycles. The van der Waals surface area contributed by atoms with E-state index < -0.39 is 6.10 Å². The zero-order valence-corrected chi connectivity index (χ0v) is 16.9. The van der Waals surface area contributed by atoms with E-state index in [9.17, 15) is 4.79 Å². The average Bonchev–Trinajstić information content (AvgIpc) is 2.99. The summed E-state index contributed by atoms with van der Waals surface area (Å²) in [4.78, 5) is 17.2. The third-order valence-electron chi connectivity index (χ3n) is 5.37. The van der Waals surface area contributed by atoms with Crippen LogP contribution >= 0.6 is 0 Å². The highest BCUT2D eigenvalue weighted by atomic mass is 16.5. The molecule has 150 valence electrons. The molecule has 1 aliphatic rings. The molecule has 1 unspecified atom stereocenters. The molecule has 1 amide bonds. The minimum atomic E-state index is -0.398. The fourth-order valence-corrected chi connectivity index (χ4v) is 3.69. The molecule has 0 saturated carbocycles. The SMILES string of the molecule is CC(OCc1ccccc1)C(=O)N1CCCN(CCCc2ccccc2)CC1. The first-order valence-electron chi connectivity index (χ1n) is 10.4. The predicted octanol–water partition coefficient (Wildman–Crippen LogP) is 3.76. The lowest BCUT2D eigenvalue weighted by Crippen LogP contribution is -2.41. The Kier molecular flexibility index (Phi) is 8.07. The maximum Gasteiger partial charge on any atom is 0.251 e. The summed E-state index contributed by atoms with van der Waals surface area (Å²) in [5.74, 6) is 0.113. The second-order valence-corrected chi connectivity index (χ2v) is 7.55. The van der Waals surface area contributed by atoms with Gasteiger partial charge in [-0.2, -0.15) is 0 Å². The molecule has 0 N–H and O–H groups in total. The number of rotatable bonds is 8. The monoisotopic (exact) mass is 380 g/mol. The molecule has 4 heteroatoms. The van der Waals surface area contributed by atoms with Crippen LogP contribution in [0.5, 0.6) is 0 Å². The molecule has 3 rings (SSSR count). The Labute approximate surface area is 169 Å². The maximum absolute atomic E-state index is 12.8. The van der Waals surface area contributed by atoms with Gasteiger partial charge in [0.1, 0.15) is 6.10 Å². The molecule has 0 radical (unpaired) electrons. The van der Waals surface area contributed by atoms with Crippen molar-refractivity contribution in [3.63, 3.8) is 0 Å². The van der Waals surface area contributed by atoms with Crippen LogP contribution in [0.4, 0.5) is 0 Å². The smallest absolute Gasteiger partial charge is 0.251 e.